The second-order valence-corrected chi connectivity index (χ2v) is 11.0. The van der Waals surface area contributed by atoms with Crippen molar-refractivity contribution in [3.63, 3.8) is 0 Å². The fourth-order valence-electron chi connectivity index (χ4n) is 4.52. The van der Waals surface area contributed by atoms with Gasteiger partial charge in [0.25, 0.3) is 0 Å². The number of carboxylic acid groups (broad SMARTS) is 1. The molecule has 0 unspecified atom stereocenters. The van der Waals surface area contributed by atoms with E-state index >= 15 is 0 Å². The second kappa shape index (κ2) is 9.42. The van der Waals surface area contributed by atoms with Crippen LogP contribution in [0.1, 0.15) is 43.6 Å². The number of carbonyl (C=O) groups is 1. The molecule has 0 radical (unpaired) electrons. The van der Waals surface area contributed by atoms with E-state index in [2.05, 4.69) is 9.97 Å². The minimum atomic E-state index is -3.63. The number of nitrogens with one attached hydrogen (secondary N) is 1. The Morgan fingerprint density at radius 3 is 2.58 bits per heavy atom. The molecule has 8 nitrogen and oxygen atoms in total. The molecular formula is C26H26FN3O5S. The van der Waals surface area contributed by atoms with Gasteiger partial charge >= 0.3 is 5.97 Å². The topological polar surface area (TPSA) is 116 Å². The first-order valence-electron chi connectivity index (χ1n) is 11.8. The number of nitrogens with zero attached hydrogens (tertiary/aromatic N) is 2. The fourth-order valence-corrected chi connectivity index (χ4v) is 5.50. The van der Waals surface area contributed by atoms with E-state index in [4.69, 9.17) is 9.52 Å². The Labute approximate surface area is 207 Å². The summed E-state index contributed by atoms with van der Waals surface area (Å²) >= 11 is 0. The standard InChI is InChI=1S/C26H26FN3O5S/c1-36(33,34)30(13-3-2-4-23(31)32)21-15-22-20(14-19(21)16-5-6-16)24(26-28-11-12-29-26)25(35-22)17-7-9-18(27)10-8-17/h7-12,14-16H,2-6,13H2,1H3,(H,28,29)(H,31,32). The summed E-state index contributed by atoms with van der Waals surface area (Å²) in [4.78, 5) is 18.4. The quantitative estimate of drug-likeness (QED) is 0.271. The highest BCUT2D eigenvalue weighted by Crippen LogP contribution is 2.49. The minimum absolute atomic E-state index is 0.0160. The molecule has 1 aliphatic carbocycles. The molecule has 36 heavy (non-hydrogen) atoms. The number of hydrogen-bond donors (Lipinski definition) is 2. The van der Waals surface area contributed by atoms with Crippen LogP contribution >= 0.6 is 0 Å². The van der Waals surface area contributed by atoms with Gasteiger partial charge in [-0.1, -0.05) is 0 Å². The van der Waals surface area contributed by atoms with Crippen LogP contribution in [0.5, 0.6) is 0 Å². The summed E-state index contributed by atoms with van der Waals surface area (Å²) in [6, 6.07) is 9.71. The summed E-state index contributed by atoms with van der Waals surface area (Å²) in [5, 5.41) is 9.73. The van der Waals surface area contributed by atoms with E-state index in [9.17, 15) is 17.6 Å². The Hall–Kier alpha value is -3.66. The average Bonchev–Trinajstić information content (AvgIpc) is 3.39. The number of fused-ring (bicyclic) bond motifs is 1. The average molecular weight is 512 g/mol. The van der Waals surface area contributed by atoms with E-state index in [1.165, 1.54) is 16.4 Å². The van der Waals surface area contributed by atoms with Gasteiger partial charge in [-0.25, -0.2) is 17.8 Å². The number of aromatic nitrogens is 2. The molecule has 0 bridgehead atoms. The van der Waals surface area contributed by atoms with E-state index in [1.54, 1.807) is 30.6 Å². The number of unbranched alkanes of at least 4 members (excludes halogenated alkanes) is 1. The number of rotatable bonds is 10. The van der Waals surface area contributed by atoms with Gasteiger partial charge in [0.15, 0.2) is 0 Å². The maximum absolute atomic E-state index is 13.6. The van der Waals surface area contributed by atoms with Crippen molar-refractivity contribution in [2.45, 2.75) is 38.0 Å². The van der Waals surface area contributed by atoms with Crippen LogP contribution in [0.15, 0.2) is 53.2 Å². The SMILES string of the molecule is CS(=O)(=O)N(CCCCC(=O)O)c1cc2oc(-c3ccc(F)cc3)c(-c3ncc[nH]3)c2cc1C1CC1. The van der Waals surface area contributed by atoms with Crippen LogP contribution < -0.4 is 4.31 Å². The molecule has 1 fully saturated rings. The molecule has 0 aliphatic heterocycles. The Kier molecular flexibility index (Phi) is 6.29. The second-order valence-electron chi connectivity index (χ2n) is 9.12. The van der Waals surface area contributed by atoms with E-state index in [1.807, 2.05) is 6.07 Å². The lowest BCUT2D eigenvalue weighted by Crippen LogP contribution is -2.31. The van der Waals surface area contributed by atoms with Gasteiger partial charge in [-0.15, -0.1) is 0 Å². The van der Waals surface area contributed by atoms with Gasteiger partial charge in [0.1, 0.15) is 23.0 Å². The van der Waals surface area contributed by atoms with Crippen molar-refractivity contribution in [1.82, 2.24) is 9.97 Å². The summed E-state index contributed by atoms with van der Waals surface area (Å²) in [6.07, 6.45) is 7.19. The molecule has 0 spiro atoms. The van der Waals surface area contributed by atoms with Crippen LogP contribution in [0.2, 0.25) is 0 Å². The smallest absolute Gasteiger partial charge is 0.303 e. The summed E-state index contributed by atoms with van der Waals surface area (Å²) < 4.78 is 46.9. The molecule has 0 saturated heterocycles. The number of anilines is 1. The number of carboxylic acids is 1. The van der Waals surface area contributed by atoms with Crippen molar-refractivity contribution in [2.75, 3.05) is 17.1 Å². The predicted molar refractivity (Wildman–Crippen MR) is 135 cm³/mol. The van der Waals surface area contributed by atoms with Crippen molar-refractivity contribution >= 4 is 32.6 Å². The predicted octanol–water partition coefficient (Wildman–Crippen LogP) is 5.53. The summed E-state index contributed by atoms with van der Waals surface area (Å²) in [5.41, 5.74) is 3.34. The lowest BCUT2D eigenvalue weighted by Gasteiger charge is -2.25. The van der Waals surface area contributed by atoms with Crippen molar-refractivity contribution in [1.29, 1.82) is 0 Å². The maximum atomic E-state index is 13.6. The molecule has 2 aromatic heterocycles. The lowest BCUT2D eigenvalue weighted by molar-refractivity contribution is -0.137. The maximum Gasteiger partial charge on any atom is 0.303 e. The van der Waals surface area contributed by atoms with Crippen molar-refractivity contribution < 1.29 is 27.1 Å². The van der Waals surface area contributed by atoms with E-state index in [0.29, 0.717) is 41.3 Å². The Balaban J connectivity index is 1.67. The fraction of sp³-hybridized carbons (Fsp3) is 0.308. The molecule has 1 aliphatic rings. The van der Waals surface area contributed by atoms with Gasteiger partial charge in [0, 0.05) is 42.4 Å². The normalized spacial score (nSPS) is 13.8. The van der Waals surface area contributed by atoms with Crippen LogP contribution in [0.3, 0.4) is 0 Å². The first-order chi connectivity index (χ1) is 17.2. The van der Waals surface area contributed by atoms with E-state index < -0.39 is 16.0 Å². The molecule has 0 amide bonds. The summed E-state index contributed by atoms with van der Waals surface area (Å²) in [7, 11) is -3.63. The van der Waals surface area contributed by atoms with Crippen LogP contribution in [0.25, 0.3) is 33.7 Å². The molecule has 0 atom stereocenters. The number of benzene rings is 2. The molecule has 5 rings (SSSR count). The zero-order valence-electron chi connectivity index (χ0n) is 19.7. The summed E-state index contributed by atoms with van der Waals surface area (Å²) in [6.45, 7) is 0.175. The monoisotopic (exact) mass is 511 g/mol. The number of H-pyrrole nitrogens is 1. The number of imidazole rings is 1. The third-order valence-corrected chi connectivity index (χ3v) is 7.55. The van der Waals surface area contributed by atoms with Crippen LogP contribution in [0.4, 0.5) is 10.1 Å². The Bertz CT molecular complexity index is 1510. The molecule has 2 heterocycles. The molecule has 4 aromatic rings. The minimum Gasteiger partial charge on any atom is -0.481 e. The molecule has 2 N–H and O–H groups in total. The number of sulfonamides is 1. The van der Waals surface area contributed by atoms with E-state index in [0.717, 1.165) is 35.6 Å². The van der Waals surface area contributed by atoms with Gasteiger partial charge in [-0.2, -0.15) is 0 Å². The molecule has 10 heteroatoms. The molecule has 1 saturated carbocycles. The van der Waals surface area contributed by atoms with Gasteiger partial charge < -0.3 is 14.5 Å². The van der Waals surface area contributed by atoms with Crippen LogP contribution in [0, 0.1) is 5.82 Å². The van der Waals surface area contributed by atoms with E-state index in [-0.39, 0.29) is 24.7 Å². The van der Waals surface area contributed by atoms with Crippen molar-refractivity contribution in [3.8, 4) is 22.7 Å². The zero-order valence-corrected chi connectivity index (χ0v) is 20.5. The highest BCUT2D eigenvalue weighted by atomic mass is 32.2. The first-order valence-corrected chi connectivity index (χ1v) is 13.6. The van der Waals surface area contributed by atoms with Crippen LogP contribution in [-0.2, 0) is 14.8 Å². The van der Waals surface area contributed by atoms with Crippen molar-refractivity contribution in [2.24, 2.45) is 0 Å². The number of halogens is 1. The van der Waals surface area contributed by atoms with Gasteiger partial charge in [-0.3, -0.25) is 9.10 Å². The number of furan rings is 1. The molecular weight excluding hydrogens is 485 g/mol. The summed E-state index contributed by atoms with van der Waals surface area (Å²) in [5.74, 6) is 0.0541. The Morgan fingerprint density at radius 1 is 1.22 bits per heavy atom. The zero-order chi connectivity index (χ0) is 25.4. The van der Waals surface area contributed by atoms with Crippen LogP contribution in [-0.4, -0.2) is 42.3 Å². The van der Waals surface area contributed by atoms with Gasteiger partial charge in [0.05, 0.1) is 17.5 Å². The third kappa shape index (κ3) is 4.86. The van der Waals surface area contributed by atoms with Gasteiger partial charge in [0.2, 0.25) is 10.0 Å². The first kappa shape index (κ1) is 24.1. The highest BCUT2D eigenvalue weighted by molar-refractivity contribution is 7.92. The molecule has 188 valence electrons. The van der Waals surface area contributed by atoms with Crippen molar-refractivity contribution in [3.05, 3.63) is 60.2 Å². The molecule has 2 aromatic carbocycles. The number of hydrogen-bond acceptors (Lipinski definition) is 5. The largest absolute Gasteiger partial charge is 0.481 e. The third-order valence-electron chi connectivity index (χ3n) is 6.37. The number of aliphatic carboxylic acids is 1. The number of aromatic amines is 1. The van der Waals surface area contributed by atoms with Gasteiger partial charge in [-0.05, 0) is 67.5 Å². The lowest BCUT2D eigenvalue weighted by atomic mass is 10.0. The highest BCUT2D eigenvalue weighted by Gasteiger charge is 2.32. The Morgan fingerprint density at radius 2 is 1.97 bits per heavy atom.